The molecule has 0 unspecified atom stereocenters. The monoisotopic (exact) mass is 259 g/mol. The Bertz CT molecular complexity index is 601. The molecule has 19 heavy (non-hydrogen) atoms. The highest BCUT2D eigenvalue weighted by Gasteiger charge is 2.18. The third kappa shape index (κ3) is 2.70. The molecule has 0 atom stereocenters. The molecule has 1 heterocycles. The van der Waals surface area contributed by atoms with Gasteiger partial charge in [-0.15, -0.1) is 0 Å². The Morgan fingerprint density at radius 3 is 2.79 bits per heavy atom. The Morgan fingerprint density at radius 1 is 1.37 bits per heavy atom. The van der Waals surface area contributed by atoms with Crippen LogP contribution in [-0.4, -0.2) is 17.4 Å². The van der Waals surface area contributed by atoms with Crippen LogP contribution in [0.25, 0.3) is 0 Å². The molecule has 2 rings (SSSR count). The molecule has 1 aromatic carbocycles. The van der Waals surface area contributed by atoms with Gasteiger partial charge >= 0.3 is 0 Å². The predicted molar refractivity (Wildman–Crippen MR) is 72.4 cm³/mol. The van der Waals surface area contributed by atoms with Crippen molar-refractivity contribution in [2.45, 2.75) is 6.92 Å². The molecule has 0 aliphatic rings. The fourth-order valence-corrected chi connectivity index (χ4v) is 1.83. The first-order chi connectivity index (χ1) is 9.13. The van der Waals surface area contributed by atoms with Crippen LogP contribution in [0.1, 0.15) is 17.3 Å². The molecule has 98 valence electrons. The van der Waals surface area contributed by atoms with Gasteiger partial charge in [0.1, 0.15) is 11.6 Å². The summed E-state index contributed by atoms with van der Waals surface area (Å²) in [5.41, 5.74) is 6.50. The van der Waals surface area contributed by atoms with Crippen molar-refractivity contribution >= 4 is 17.4 Å². The van der Waals surface area contributed by atoms with Gasteiger partial charge in [0.05, 0.1) is 5.56 Å². The van der Waals surface area contributed by atoms with E-state index in [0.717, 1.165) is 0 Å². The normalized spacial score (nSPS) is 10.2. The molecule has 0 aliphatic heterocycles. The molecule has 0 saturated carbocycles. The van der Waals surface area contributed by atoms with Gasteiger partial charge in [-0.25, -0.2) is 9.37 Å². The number of nitrogen functional groups attached to an aromatic ring is 1. The second-order valence-electron chi connectivity index (χ2n) is 3.97. The molecular formula is C14H14FN3O. The number of carbonyl (C=O) groups is 1. The van der Waals surface area contributed by atoms with Crippen molar-refractivity contribution in [3.63, 3.8) is 0 Å². The Kier molecular flexibility index (Phi) is 3.75. The molecule has 0 saturated heterocycles. The SMILES string of the molecule is CCN(C(=O)c1cccnc1N)c1cccc(F)c1. The molecule has 0 spiro atoms. The number of anilines is 2. The summed E-state index contributed by atoms with van der Waals surface area (Å²) in [5, 5.41) is 0. The Hall–Kier alpha value is -2.43. The second-order valence-corrected chi connectivity index (χ2v) is 3.97. The smallest absolute Gasteiger partial charge is 0.262 e. The zero-order chi connectivity index (χ0) is 13.8. The Morgan fingerprint density at radius 2 is 2.16 bits per heavy atom. The number of halogens is 1. The maximum Gasteiger partial charge on any atom is 0.262 e. The maximum absolute atomic E-state index is 13.2. The van der Waals surface area contributed by atoms with E-state index in [1.54, 1.807) is 24.3 Å². The number of nitrogens with zero attached hydrogens (tertiary/aromatic N) is 2. The lowest BCUT2D eigenvalue weighted by Crippen LogP contribution is -2.31. The molecule has 0 aliphatic carbocycles. The first-order valence-electron chi connectivity index (χ1n) is 5.91. The lowest BCUT2D eigenvalue weighted by molar-refractivity contribution is 0.0989. The fraction of sp³-hybridized carbons (Fsp3) is 0.143. The molecule has 0 radical (unpaired) electrons. The van der Waals surface area contributed by atoms with Crippen LogP contribution in [0.2, 0.25) is 0 Å². The summed E-state index contributed by atoms with van der Waals surface area (Å²) in [6.45, 7) is 2.23. The van der Waals surface area contributed by atoms with E-state index in [1.807, 2.05) is 6.92 Å². The van der Waals surface area contributed by atoms with Crippen molar-refractivity contribution in [3.05, 3.63) is 54.0 Å². The van der Waals surface area contributed by atoms with E-state index in [2.05, 4.69) is 4.98 Å². The van der Waals surface area contributed by atoms with Crippen LogP contribution < -0.4 is 10.6 Å². The van der Waals surface area contributed by atoms with Crippen molar-refractivity contribution < 1.29 is 9.18 Å². The molecule has 2 aromatic rings. The molecule has 0 fully saturated rings. The summed E-state index contributed by atoms with van der Waals surface area (Å²) >= 11 is 0. The quantitative estimate of drug-likeness (QED) is 0.921. The minimum absolute atomic E-state index is 0.169. The van der Waals surface area contributed by atoms with Crippen molar-refractivity contribution in [2.75, 3.05) is 17.2 Å². The van der Waals surface area contributed by atoms with Crippen LogP contribution in [-0.2, 0) is 0 Å². The summed E-state index contributed by atoms with van der Waals surface area (Å²) < 4.78 is 13.2. The minimum Gasteiger partial charge on any atom is -0.383 e. The first kappa shape index (κ1) is 13.0. The Balaban J connectivity index is 2.38. The van der Waals surface area contributed by atoms with Gasteiger partial charge in [-0.1, -0.05) is 6.07 Å². The van der Waals surface area contributed by atoms with Gasteiger partial charge in [0, 0.05) is 18.4 Å². The zero-order valence-electron chi connectivity index (χ0n) is 10.5. The molecule has 1 amide bonds. The molecule has 4 nitrogen and oxygen atoms in total. The summed E-state index contributed by atoms with van der Waals surface area (Å²) in [6.07, 6.45) is 1.52. The minimum atomic E-state index is -0.386. The van der Waals surface area contributed by atoms with Crippen LogP contribution in [0.15, 0.2) is 42.6 Å². The van der Waals surface area contributed by atoms with Crippen LogP contribution in [0.3, 0.4) is 0 Å². The van der Waals surface area contributed by atoms with Gasteiger partial charge < -0.3 is 10.6 Å². The van der Waals surface area contributed by atoms with Crippen LogP contribution in [0.5, 0.6) is 0 Å². The molecule has 1 aromatic heterocycles. The number of carbonyl (C=O) groups excluding carboxylic acids is 1. The summed E-state index contributed by atoms with van der Waals surface area (Å²) in [4.78, 5) is 17.7. The van der Waals surface area contributed by atoms with E-state index in [9.17, 15) is 9.18 Å². The number of aromatic nitrogens is 1. The summed E-state index contributed by atoms with van der Waals surface area (Å²) in [7, 11) is 0. The third-order valence-corrected chi connectivity index (χ3v) is 2.75. The van der Waals surface area contributed by atoms with Gasteiger partial charge in [-0.2, -0.15) is 0 Å². The van der Waals surface area contributed by atoms with Gasteiger partial charge in [-0.3, -0.25) is 4.79 Å². The number of rotatable bonds is 3. The van der Waals surface area contributed by atoms with Crippen molar-refractivity contribution in [1.29, 1.82) is 0 Å². The summed E-state index contributed by atoms with van der Waals surface area (Å²) in [5.74, 6) is -0.510. The van der Waals surface area contributed by atoms with Gasteiger partial charge in [0.2, 0.25) is 0 Å². The van der Waals surface area contributed by atoms with E-state index in [4.69, 9.17) is 5.73 Å². The van der Waals surface area contributed by atoms with E-state index in [0.29, 0.717) is 17.8 Å². The zero-order valence-corrected chi connectivity index (χ0v) is 10.5. The second kappa shape index (κ2) is 5.48. The van der Waals surface area contributed by atoms with E-state index >= 15 is 0 Å². The lowest BCUT2D eigenvalue weighted by atomic mass is 10.2. The number of amides is 1. The average Bonchev–Trinajstić information content (AvgIpc) is 2.40. The van der Waals surface area contributed by atoms with Gasteiger partial charge in [0.15, 0.2) is 0 Å². The number of hydrogen-bond donors (Lipinski definition) is 1. The van der Waals surface area contributed by atoms with Gasteiger partial charge in [0.25, 0.3) is 5.91 Å². The molecule has 2 N–H and O–H groups in total. The molecule has 0 bridgehead atoms. The number of nitrogens with two attached hydrogens (primary N) is 1. The van der Waals surface area contributed by atoms with Gasteiger partial charge in [-0.05, 0) is 37.3 Å². The third-order valence-electron chi connectivity index (χ3n) is 2.75. The Labute approximate surface area is 110 Å². The van der Waals surface area contributed by atoms with E-state index in [-0.39, 0.29) is 17.5 Å². The molecular weight excluding hydrogens is 245 g/mol. The summed E-state index contributed by atoms with van der Waals surface area (Å²) in [6, 6.07) is 9.13. The highest BCUT2D eigenvalue weighted by Crippen LogP contribution is 2.19. The highest BCUT2D eigenvalue weighted by molar-refractivity contribution is 6.08. The van der Waals surface area contributed by atoms with Crippen molar-refractivity contribution in [2.24, 2.45) is 0 Å². The topological polar surface area (TPSA) is 59.2 Å². The molecule has 5 heteroatoms. The average molecular weight is 259 g/mol. The van der Waals surface area contributed by atoms with Crippen LogP contribution in [0, 0.1) is 5.82 Å². The number of hydrogen-bond acceptors (Lipinski definition) is 3. The lowest BCUT2D eigenvalue weighted by Gasteiger charge is -2.21. The maximum atomic E-state index is 13.2. The van der Waals surface area contributed by atoms with Crippen molar-refractivity contribution in [1.82, 2.24) is 4.98 Å². The van der Waals surface area contributed by atoms with Crippen molar-refractivity contribution in [3.8, 4) is 0 Å². The van der Waals surface area contributed by atoms with Crippen LogP contribution in [0.4, 0.5) is 15.9 Å². The first-order valence-corrected chi connectivity index (χ1v) is 5.91. The fourth-order valence-electron chi connectivity index (χ4n) is 1.83. The van der Waals surface area contributed by atoms with Crippen LogP contribution >= 0.6 is 0 Å². The standard InChI is InChI=1S/C14H14FN3O/c1-2-18(11-6-3-5-10(15)9-11)14(19)12-7-4-8-17-13(12)16/h3-9H,2H2,1H3,(H2,16,17). The highest BCUT2D eigenvalue weighted by atomic mass is 19.1. The van der Waals surface area contributed by atoms with E-state index in [1.165, 1.54) is 23.2 Å². The largest absolute Gasteiger partial charge is 0.383 e. The number of pyridine rings is 1. The predicted octanol–water partition coefficient (Wildman–Crippen LogP) is 2.47. The number of benzene rings is 1. The van der Waals surface area contributed by atoms with E-state index < -0.39 is 0 Å².